The molecule has 45 heavy (non-hydrogen) atoms. The number of fused-ring (bicyclic) bond motifs is 1. The molecule has 7 heteroatoms. The molecule has 2 unspecified atom stereocenters. The number of nitrogens with zero attached hydrogens (tertiary/aromatic N) is 1. The van der Waals surface area contributed by atoms with E-state index in [0.717, 1.165) is 68.7 Å². The van der Waals surface area contributed by atoms with Gasteiger partial charge in [-0.2, -0.15) is 0 Å². The molecule has 0 N–H and O–H groups in total. The van der Waals surface area contributed by atoms with E-state index in [-0.39, 0.29) is 34.1 Å². The number of hydrogen-bond acceptors (Lipinski definition) is 5. The molecule has 5 atom stereocenters. The van der Waals surface area contributed by atoms with Crippen LogP contribution in [0, 0.1) is 17.7 Å². The van der Waals surface area contributed by atoms with E-state index in [9.17, 15) is 0 Å². The lowest BCUT2D eigenvalue weighted by Gasteiger charge is -2.41. The number of benzene rings is 2. The largest absolute Gasteiger partial charge is 0.496 e. The highest BCUT2D eigenvalue weighted by Crippen LogP contribution is 2.52. The van der Waals surface area contributed by atoms with Gasteiger partial charge in [0.1, 0.15) is 22.9 Å². The molecule has 1 spiro atoms. The average molecular weight is 631 g/mol. The van der Waals surface area contributed by atoms with E-state index in [2.05, 4.69) is 85.3 Å². The summed E-state index contributed by atoms with van der Waals surface area (Å²) >= 11 is 0. The van der Waals surface area contributed by atoms with Gasteiger partial charge in [-0.3, -0.25) is 0 Å². The molecule has 6 rings (SSSR count). The Kier molecular flexibility index (Phi) is 9.01. The minimum Gasteiger partial charge on any atom is -0.496 e. The van der Waals surface area contributed by atoms with Gasteiger partial charge in [0.05, 0.1) is 31.1 Å². The number of ether oxygens (including phenoxy) is 4. The first-order chi connectivity index (χ1) is 21.4. The molecule has 0 bridgehead atoms. The highest BCUT2D eigenvalue weighted by atomic mass is 28.1. The minimum absolute atomic E-state index is 0.0169. The van der Waals surface area contributed by atoms with Gasteiger partial charge in [-0.15, -0.1) is 0 Å². The zero-order valence-corrected chi connectivity index (χ0v) is 28.8. The van der Waals surface area contributed by atoms with Gasteiger partial charge in [0.15, 0.2) is 0 Å². The van der Waals surface area contributed by atoms with E-state index in [1.54, 1.807) is 20.3 Å². The molecule has 241 valence electrons. The van der Waals surface area contributed by atoms with Crippen LogP contribution in [0.2, 0.25) is 5.04 Å². The summed E-state index contributed by atoms with van der Waals surface area (Å²) in [6, 6.07) is 10.2. The Bertz CT molecular complexity index is 1440. The summed E-state index contributed by atoms with van der Waals surface area (Å²) in [5.41, 5.74) is 3.60. The second-order valence-electron chi connectivity index (χ2n) is 14.7. The molecule has 2 aliphatic carbocycles. The smallest absolute Gasteiger partial charge is 0.147 e. The molecule has 2 aromatic carbocycles. The van der Waals surface area contributed by atoms with Gasteiger partial charge in [-0.1, -0.05) is 30.4 Å². The zero-order chi connectivity index (χ0) is 32.0. The van der Waals surface area contributed by atoms with Crippen molar-refractivity contribution in [2.45, 2.75) is 94.5 Å². The first-order valence-corrected chi connectivity index (χ1v) is 17.1. The van der Waals surface area contributed by atoms with Crippen molar-refractivity contribution < 1.29 is 23.3 Å². The number of allylic oxidation sites excluding steroid dienone is 4. The maximum absolute atomic E-state index is 16.3. The standard InChI is InChI=1S/C38H49FNO4Si/c1-25(41-5)38(45)23-37(43-24-38)16-18-40(19-17-37)33-22-34(42-6)31(21-32(33)39)35-29(26-10-8-7-9-11-26)14-12-27-20-28(13-15-30(27)35)44-36(2,3)4/h7-10,13,15,20-22,25-26,29,35H,11-12,14,16-19,23-24H2,1-6H3/t25?,26?,29-,35+,38-/m1/s1. The number of aryl methyl sites for hydroxylation is 1. The lowest BCUT2D eigenvalue weighted by atomic mass is 9.65. The molecule has 2 aromatic rings. The van der Waals surface area contributed by atoms with Gasteiger partial charge in [-0.05, 0) is 107 Å². The van der Waals surface area contributed by atoms with E-state index < -0.39 is 0 Å². The Morgan fingerprint density at radius 2 is 1.84 bits per heavy atom. The van der Waals surface area contributed by atoms with Crippen LogP contribution in [0.15, 0.2) is 54.6 Å². The minimum atomic E-state index is -0.274. The van der Waals surface area contributed by atoms with Gasteiger partial charge >= 0.3 is 0 Å². The van der Waals surface area contributed by atoms with Crippen molar-refractivity contribution in [1.82, 2.24) is 0 Å². The molecule has 2 saturated heterocycles. The van der Waals surface area contributed by atoms with Crippen molar-refractivity contribution in [2.24, 2.45) is 11.8 Å². The highest BCUT2D eigenvalue weighted by molar-refractivity contribution is 6.16. The SMILES string of the molecule is COc1cc(N2CCC3(CC2)C[C@]([Si])(C(C)OC)CO3)c(F)cc1[C@@H]1c2ccc(OC(C)(C)C)cc2CC[C@@H]1C1C=CC=CC1. The number of anilines is 1. The first kappa shape index (κ1) is 32.3. The number of hydrogen-bond donors (Lipinski definition) is 0. The van der Waals surface area contributed by atoms with Crippen LogP contribution in [0.5, 0.6) is 11.5 Å². The monoisotopic (exact) mass is 630 g/mol. The highest BCUT2D eigenvalue weighted by Gasteiger charge is 2.51. The molecular formula is C38H49FNO4Si. The summed E-state index contributed by atoms with van der Waals surface area (Å²) in [4.78, 5) is 2.17. The first-order valence-electron chi connectivity index (χ1n) is 16.6. The van der Waals surface area contributed by atoms with Gasteiger partial charge in [0.2, 0.25) is 0 Å². The van der Waals surface area contributed by atoms with Crippen molar-refractivity contribution in [3.63, 3.8) is 0 Å². The summed E-state index contributed by atoms with van der Waals surface area (Å²) < 4.78 is 40.7. The third-order valence-corrected chi connectivity index (χ3v) is 11.4. The van der Waals surface area contributed by atoms with E-state index in [0.29, 0.717) is 24.1 Å². The van der Waals surface area contributed by atoms with Crippen LogP contribution in [-0.2, 0) is 15.9 Å². The summed E-state index contributed by atoms with van der Waals surface area (Å²) in [6.45, 7) is 10.4. The van der Waals surface area contributed by atoms with Crippen LogP contribution in [0.3, 0.4) is 0 Å². The summed E-state index contributed by atoms with van der Waals surface area (Å²) in [5.74, 6) is 2.19. The quantitative estimate of drug-likeness (QED) is 0.291. The number of methoxy groups -OCH3 is 2. The predicted molar refractivity (Wildman–Crippen MR) is 179 cm³/mol. The van der Waals surface area contributed by atoms with Gasteiger partial charge < -0.3 is 23.8 Å². The Morgan fingerprint density at radius 3 is 2.51 bits per heavy atom. The normalized spacial score (nSPS) is 28.3. The summed E-state index contributed by atoms with van der Waals surface area (Å²) in [6.07, 6.45) is 14.5. The van der Waals surface area contributed by atoms with Crippen molar-refractivity contribution in [1.29, 1.82) is 0 Å². The Morgan fingerprint density at radius 1 is 1.07 bits per heavy atom. The van der Waals surface area contributed by atoms with Crippen LogP contribution in [0.4, 0.5) is 10.1 Å². The molecule has 2 heterocycles. The third-order valence-electron chi connectivity index (χ3n) is 10.7. The van der Waals surface area contributed by atoms with Crippen LogP contribution >= 0.6 is 0 Å². The Hall–Kier alpha value is -2.61. The maximum atomic E-state index is 16.3. The second-order valence-corrected chi connectivity index (χ2v) is 15.7. The van der Waals surface area contributed by atoms with Crippen LogP contribution in [0.25, 0.3) is 0 Å². The Labute approximate surface area is 272 Å². The second kappa shape index (κ2) is 12.5. The van der Waals surface area contributed by atoms with E-state index in [1.807, 2.05) is 6.07 Å². The molecule has 2 aliphatic heterocycles. The fourth-order valence-corrected chi connectivity index (χ4v) is 8.67. The Balaban J connectivity index is 1.30. The lowest BCUT2D eigenvalue weighted by molar-refractivity contribution is -0.0167. The number of halogens is 1. The maximum Gasteiger partial charge on any atom is 0.147 e. The molecule has 2 fully saturated rings. The van der Waals surface area contributed by atoms with Crippen LogP contribution in [-0.4, -0.2) is 61.5 Å². The molecule has 5 nitrogen and oxygen atoms in total. The van der Waals surface area contributed by atoms with E-state index in [1.165, 1.54) is 11.1 Å². The summed E-state index contributed by atoms with van der Waals surface area (Å²) in [5, 5.41) is -0.192. The molecular weight excluding hydrogens is 582 g/mol. The van der Waals surface area contributed by atoms with Gasteiger partial charge in [0, 0.05) is 53.0 Å². The van der Waals surface area contributed by atoms with Crippen molar-refractivity contribution in [2.75, 3.05) is 38.8 Å². The van der Waals surface area contributed by atoms with Crippen LogP contribution < -0.4 is 14.4 Å². The molecule has 0 aromatic heterocycles. The van der Waals surface area contributed by atoms with E-state index in [4.69, 9.17) is 18.9 Å². The zero-order valence-electron chi connectivity index (χ0n) is 27.8. The van der Waals surface area contributed by atoms with Crippen molar-refractivity contribution >= 4 is 15.9 Å². The molecule has 4 aliphatic rings. The summed E-state index contributed by atoms with van der Waals surface area (Å²) in [7, 11) is 7.45. The lowest BCUT2D eigenvalue weighted by Crippen LogP contribution is -2.45. The van der Waals surface area contributed by atoms with Crippen LogP contribution in [0.1, 0.15) is 82.4 Å². The molecule has 3 radical (unpaired) electrons. The molecule has 0 saturated carbocycles. The molecule has 0 amide bonds. The van der Waals surface area contributed by atoms with Crippen molar-refractivity contribution in [3.8, 4) is 11.5 Å². The number of piperidine rings is 1. The van der Waals surface area contributed by atoms with Gasteiger partial charge in [-0.25, -0.2) is 4.39 Å². The van der Waals surface area contributed by atoms with E-state index >= 15 is 4.39 Å². The number of rotatable bonds is 7. The predicted octanol–water partition coefficient (Wildman–Crippen LogP) is 7.96. The van der Waals surface area contributed by atoms with Gasteiger partial charge in [0.25, 0.3) is 0 Å². The fraction of sp³-hybridized carbons (Fsp3) is 0.579. The third kappa shape index (κ3) is 6.50. The fourth-order valence-electron chi connectivity index (χ4n) is 8.16. The average Bonchev–Trinajstić information content (AvgIpc) is 3.36. The topological polar surface area (TPSA) is 40.2 Å². The van der Waals surface area contributed by atoms with Crippen molar-refractivity contribution in [3.05, 3.63) is 77.1 Å².